The third kappa shape index (κ3) is 7.31. The molecule has 0 radical (unpaired) electrons. The maximum Gasteiger partial charge on any atom is 0.246 e. The van der Waals surface area contributed by atoms with Crippen molar-refractivity contribution in [2.45, 2.75) is 53.4 Å². The summed E-state index contributed by atoms with van der Waals surface area (Å²) < 4.78 is 0. The molecule has 0 N–H and O–H groups in total. The lowest BCUT2D eigenvalue weighted by atomic mass is 10.2. The SMILES string of the molecule is CCCCN(CCCC)C(=O)/C=C\C(=O)N(CC)CC. The van der Waals surface area contributed by atoms with E-state index in [2.05, 4.69) is 13.8 Å². The van der Waals surface area contributed by atoms with Crippen LogP contribution >= 0.6 is 0 Å². The van der Waals surface area contributed by atoms with Gasteiger partial charge in [-0.1, -0.05) is 26.7 Å². The summed E-state index contributed by atoms with van der Waals surface area (Å²) in [5.41, 5.74) is 0. The number of rotatable bonds is 10. The van der Waals surface area contributed by atoms with Gasteiger partial charge >= 0.3 is 0 Å². The van der Waals surface area contributed by atoms with Gasteiger partial charge < -0.3 is 9.80 Å². The van der Waals surface area contributed by atoms with Crippen LogP contribution in [0, 0.1) is 0 Å². The molecule has 0 aliphatic rings. The molecule has 0 heterocycles. The first-order valence-electron chi connectivity index (χ1n) is 7.86. The van der Waals surface area contributed by atoms with E-state index >= 15 is 0 Å². The average molecular weight is 282 g/mol. The number of unbranched alkanes of at least 4 members (excludes halogenated alkanes) is 2. The van der Waals surface area contributed by atoms with Crippen LogP contribution in [0.3, 0.4) is 0 Å². The van der Waals surface area contributed by atoms with E-state index in [4.69, 9.17) is 0 Å². The van der Waals surface area contributed by atoms with Crippen molar-refractivity contribution in [2.75, 3.05) is 26.2 Å². The van der Waals surface area contributed by atoms with Gasteiger partial charge in [-0.3, -0.25) is 9.59 Å². The second kappa shape index (κ2) is 11.5. The van der Waals surface area contributed by atoms with Gasteiger partial charge in [0.15, 0.2) is 0 Å². The first-order valence-corrected chi connectivity index (χ1v) is 7.86. The van der Waals surface area contributed by atoms with E-state index in [0.717, 1.165) is 38.8 Å². The van der Waals surface area contributed by atoms with Crippen molar-refractivity contribution in [1.29, 1.82) is 0 Å². The van der Waals surface area contributed by atoms with Gasteiger partial charge in [-0.25, -0.2) is 0 Å². The second-order valence-corrected chi connectivity index (χ2v) is 4.88. The van der Waals surface area contributed by atoms with Gasteiger partial charge in [-0.2, -0.15) is 0 Å². The minimum absolute atomic E-state index is 0.0487. The van der Waals surface area contributed by atoms with Crippen molar-refractivity contribution in [2.24, 2.45) is 0 Å². The van der Waals surface area contributed by atoms with Crippen LogP contribution in [-0.2, 0) is 9.59 Å². The fraction of sp³-hybridized carbons (Fsp3) is 0.750. The summed E-state index contributed by atoms with van der Waals surface area (Å²) >= 11 is 0. The third-order valence-corrected chi connectivity index (χ3v) is 3.32. The lowest BCUT2D eigenvalue weighted by Gasteiger charge is -2.21. The Kier molecular flexibility index (Phi) is 10.7. The average Bonchev–Trinajstić information content (AvgIpc) is 2.46. The van der Waals surface area contributed by atoms with Gasteiger partial charge in [0.25, 0.3) is 0 Å². The summed E-state index contributed by atoms with van der Waals surface area (Å²) in [5, 5.41) is 0. The Bertz CT molecular complexity index is 302. The molecule has 20 heavy (non-hydrogen) atoms. The highest BCUT2D eigenvalue weighted by molar-refractivity contribution is 5.96. The maximum atomic E-state index is 12.1. The molecule has 4 heteroatoms. The Balaban J connectivity index is 4.52. The summed E-state index contributed by atoms with van der Waals surface area (Å²) in [6.45, 7) is 11.0. The Morgan fingerprint density at radius 2 is 1.15 bits per heavy atom. The number of hydrogen-bond donors (Lipinski definition) is 0. The monoisotopic (exact) mass is 282 g/mol. The molecule has 0 saturated heterocycles. The maximum absolute atomic E-state index is 12.1. The van der Waals surface area contributed by atoms with Crippen LogP contribution in [0.2, 0.25) is 0 Å². The van der Waals surface area contributed by atoms with Crippen LogP contribution < -0.4 is 0 Å². The zero-order chi connectivity index (χ0) is 15.4. The lowest BCUT2D eigenvalue weighted by molar-refractivity contribution is -0.128. The van der Waals surface area contributed by atoms with E-state index in [1.54, 1.807) is 4.90 Å². The summed E-state index contributed by atoms with van der Waals surface area (Å²) in [5.74, 6) is -0.137. The molecule has 0 aromatic heterocycles. The standard InChI is InChI=1S/C16H30N2O2/c1-5-9-13-18(14-10-6-2)16(20)12-11-15(19)17(7-3)8-4/h11-12H,5-10,13-14H2,1-4H3/b12-11-. The minimum atomic E-state index is -0.0886. The molecule has 2 amide bonds. The molecular formula is C16H30N2O2. The normalized spacial score (nSPS) is 10.8. The number of likely N-dealkylation sites (N-methyl/N-ethyl adjacent to an activating group) is 1. The van der Waals surface area contributed by atoms with Crippen molar-refractivity contribution < 1.29 is 9.59 Å². The molecule has 0 aromatic carbocycles. The van der Waals surface area contributed by atoms with Gasteiger partial charge in [0.1, 0.15) is 0 Å². The van der Waals surface area contributed by atoms with Crippen LogP contribution in [0.4, 0.5) is 0 Å². The predicted molar refractivity (Wildman–Crippen MR) is 83.5 cm³/mol. The Hall–Kier alpha value is -1.32. The van der Waals surface area contributed by atoms with E-state index in [9.17, 15) is 9.59 Å². The molecule has 0 rings (SSSR count). The van der Waals surface area contributed by atoms with E-state index < -0.39 is 0 Å². The molecule has 0 saturated carbocycles. The number of carbonyl (C=O) groups is 2. The zero-order valence-corrected chi connectivity index (χ0v) is 13.5. The number of nitrogens with zero attached hydrogens (tertiary/aromatic N) is 2. The number of amides is 2. The summed E-state index contributed by atoms with van der Waals surface area (Å²) in [4.78, 5) is 27.5. The summed E-state index contributed by atoms with van der Waals surface area (Å²) in [6, 6.07) is 0. The molecule has 4 nitrogen and oxygen atoms in total. The van der Waals surface area contributed by atoms with E-state index in [-0.39, 0.29) is 11.8 Å². The molecule has 0 unspecified atom stereocenters. The largest absolute Gasteiger partial charge is 0.340 e. The van der Waals surface area contributed by atoms with Crippen LogP contribution in [-0.4, -0.2) is 47.8 Å². The highest BCUT2D eigenvalue weighted by Gasteiger charge is 2.11. The molecule has 0 atom stereocenters. The second-order valence-electron chi connectivity index (χ2n) is 4.88. The topological polar surface area (TPSA) is 40.6 Å². The van der Waals surface area contributed by atoms with Crippen LogP contribution in [0.15, 0.2) is 12.2 Å². The van der Waals surface area contributed by atoms with Gasteiger partial charge in [0.2, 0.25) is 11.8 Å². The van der Waals surface area contributed by atoms with E-state index in [0.29, 0.717) is 13.1 Å². The zero-order valence-electron chi connectivity index (χ0n) is 13.5. The first-order chi connectivity index (χ1) is 9.60. The Morgan fingerprint density at radius 1 is 0.750 bits per heavy atom. The van der Waals surface area contributed by atoms with Gasteiger partial charge in [0.05, 0.1) is 0 Å². The van der Waals surface area contributed by atoms with Crippen molar-refractivity contribution in [3.05, 3.63) is 12.2 Å². The fourth-order valence-electron chi connectivity index (χ4n) is 1.92. The van der Waals surface area contributed by atoms with E-state index in [1.165, 1.54) is 12.2 Å². The minimum Gasteiger partial charge on any atom is -0.340 e. The fourth-order valence-corrected chi connectivity index (χ4v) is 1.92. The Morgan fingerprint density at radius 3 is 1.50 bits per heavy atom. The van der Waals surface area contributed by atoms with Crippen molar-refractivity contribution in [3.63, 3.8) is 0 Å². The molecule has 0 aliphatic heterocycles. The first kappa shape index (κ1) is 18.7. The highest BCUT2D eigenvalue weighted by atomic mass is 16.2. The highest BCUT2D eigenvalue weighted by Crippen LogP contribution is 2.01. The van der Waals surface area contributed by atoms with Gasteiger partial charge in [-0.05, 0) is 26.7 Å². The third-order valence-electron chi connectivity index (χ3n) is 3.32. The predicted octanol–water partition coefficient (Wildman–Crippen LogP) is 2.84. The van der Waals surface area contributed by atoms with Gasteiger partial charge in [-0.15, -0.1) is 0 Å². The molecule has 0 fully saturated rings. The summed E-state index contributed by atoms with van der Waals surface area (Å²) in [7, 11) is 0. The van der Waals surface area contributed by atoms with Crippen LogP contribution in [0.1, 0.15) is 53.4 Å². The molecule has 116 valence electrons. The summed E-state index contributed by atoms with van der Waals surface area (Å²) in [6.07, 6.45) is 6.97. The van der Waals surface area contributed by atoms with E-state index in [1.807, 2.05) is 18.7 Å². The molecule has 0 spiro atoms. The molecule has 0 aromatic rings. The van der Waals surface area contributed by atoms with Crippen molar-refractivity contribution >= 4 is 11.8 Å². The Labute approximate surface area is 123 Å². The quantitative estimate of drug-likeness (QED) is 0.578. The van der Waals surface area contributed by atoms with Crippen molar-refractivity contribution in [3.8, 4) is 0 Å². The van der Waals surface area contributed by atoms with Crippen LogP contribution in [0.25, 0.3) is 0 Å². The smallest absolute Gasteiger partial charge is 0.246 e. The number of hydrogen-bond acceptors (Lipinski definition) is 2. The molecular weight excluding hydrogens is 252 g/mol. The van der Waals surface area contributed by atoms with Crippen LogP contribution in [0.5, 0.6) is 0 Å². The van der Waals surface area contributed by atoms with Gasteiger partial charge in [0, 0.05) is 38.3 Å². The van der Waals surface area contributed by atoms with Crippen molar-refractivity contribution in [1.82, 2.24) is 9.80 Å². The molecule has 0 bridgehead atoms. The number of carbonyl (C=O) groups excluding carboxylic acids is 2. The lowest BCUT2D eigenvalue weighted by Crippen LogP contribution is -2.32. The molecule has 0 aliphatic carbocycles.